The monoisotopic (exact) mass is 1060 g/mol. The number of aryl methyl sites for hydroxylation is 1. The fourth-order valence-electron chi connectivity index (χ4n) is 6.10. The molecule has 0 radical (unpaired) electrons. The molecular formula is C41H44Cl4N8O11S3. The van der Waals surface area contributed by atoms with Gasteiger partial charge in [0.1, 0.15) is 39.4 Å². The average molecular weight is 1060 g/mol. The van der Waals surface area contributed by atoms with Crippen molar-refractivity contribution in [3.63, 3.8) is 0 Å². The number of ether oxygens (including phenoxy) is 2. The van der Waals surface area contributed by atoms with Gasteiger partial charge >= 0.3 is 0 Å². The average Bonchev–Trinajstić information content (AvgIpc) is 3.20. The molecule has 0 amide bonds. The van der Waals surface area contributed by atoms with Gasteiger partial charge in [-0.05, 0) is 87.7 Å². The topological polar surface area (TPSA) is 282 Å². The maximum absolute atomic E-state index is 12.0. The second-order valence-electron chi connectivity index (χ2n) is 15.5. The number of hydrogen-bond donors (Lipinski definition) is 4. The first-order valence-corrected chi connectivity index (χ1v) is 26.1. The Hall–Kier alpha value is -4.62. The van der Waals surface area contributed by atoms with Crippen LogP contribution in [0.2, 0.25) is 20.1 Å². The summed E-state index contributed by atoms with van der Waals surface area (Å²) in [5, 5.41) is 20.4. The van der Waals surface area contributed by atoms with E-state index in [1.165, 1.54) is 38.1 Å². The Bertz CT molecular complexity index is 3040. The van der Waals surface area contributed by atoms with Crippen LogP contribution in [0.25, 0.3) is 0 Å². The van der Waals surface area contributed by atoms with Crippen LogP contribution in [0.15, 0.2) is 86.0 Å². The van der Waals surface area contributed by atoms with Crippen molar-refractivity contribution in [3.8, 4) is 11.5 Å². The molecule has 360 valence electrons. The van der Waals surface area contributed by atoms with E-state index >= 15 is 0 Å². The van der Waals surface area contributed by atoms with Crippen molar-refractivity contribution in [2.75, 3.05) is 30.0 Å². The Morgan fingerprint density at radius 1 is 0.642 bits per heavy atom. The molecule has 0 aliphatic carbocycles. The van der Waals surface area contributed by atoms with Crippen molar-refractivity contribution in [1.29, 1.82) is 0 Å². The summed E-state index contributed by atoms with van der Waals surface area (Å²) in [6.07, 6.45) is 1.32. The molecule has 5 aromatic rings. The lowest BCUT2D eigenvalue weighted by Crippen LogP contribution is -2.39. The molecule has 5 rings (SSSR count). The van der Waals surface area contributed by atoms with Gasteiger partial charge in [0.25, 0.3) is 30.4 Å². The summed E-state index contributed by atoms with van der Waals surface area (Å²) in [6.45, 7) is 7.02. The smallest absolute Gasteiger partial charge is 0.296 e. The lowest BCUT2D eigenvalue weighted by Gasteiger charge is -2.25. The Morgan fingerprint density at radius 3 is 1.63 bits per heavy atom. The summed E-state index contributed by atoms with van der Waals surface area (Å²) in [7, 11) is -13.5. The quantitative estimate of drug-likeness (QED) is 0.0285. The van der Waals surface area contributed by atoms with E-state index in [0.717, 1.165) is 24.5 Å². The summed E-state index contributed by atoms with van der Waals surface area (Å²) in [6, 6.07) is 14.8. The number of rotatable bonds is 22. The molecule has 0 aliphatic rings. The zero-order valence-corrected chi connectivity index (χ0v) is 41.6. The van der Waals surface area contributed by atoms with Crippen LogP contribution in [0.5, 0.6) is 11.5 Å². The first-order valence-electron chi connectivity index (χ1n) is 20.0. The van der Waals surface area contributed by atoms with E-state index in [1.54, 1.807) is 30.3 Å². The highest BCUT2D eigenvalue weighted by Gasteiger charge is 2.27. The number of nitrogens with zero attached hydrogens (tertiary/aromatic N) is 7. The van der Waals surface area contributed by atoms with Gasteiger partial charge < -0.3 is 14.8 Å². The molecule has 1 aromatic heterocycles. The van der Waals surface area contributed by atoms with E-state index in [0.29, 0.717) is 39.9 Å². The summed E-state index contributed by atoms with van der Waals surface area (Å²) in [4.78, 5) is 13.3. The molecule has 67 heavy (non-hydrogen) atoms. The van der Waals surface area contributed by atoms with Crippen molar-refractivity contribution < 1.29 is 48.4 Å². The van der Waals surface area contributed by atoms with Crippen LogP contribution < -0.4 is 14.8 Å². The molecule has 0 saturated carbocycles. The minimum Gasteiger partial charge on any atom is -0.493 e. The Kier molecular flexibility index (Phi) is 18.0. The molecule has 0 spiro atoms. The molecular weight excluding hydrogens is 1020 g/mol. The van der Waals surface area contributed by atoms with E-state index < -0.39 is 52.3 Å². The first kappa shape index (κ1) is 53.3. The predicted octanol–water partition coefficient (Wildman–Crippen LogP) is 11.0. The molecule has 0 fully saturated rings. The van der Waals surface area contributed by atoms with Crippen molar-refractivity contribution >= 4 is 105 Å². The maximum Gasteiger partial charge on any atom is 0.296 e. The summed E-state index contributed by atoms with van der Waals surface area (Å²) in [5.41, 5.74) is 1.26. The highest BCUT2D eigenvalue weighted by molar-refractivity contribution is 7.86. The zero-order chi connectivity index (χ0) is 49.3. The number of anilines is 1. The molecule has 0 aliphatic heterocycles. The third-order valence-corrected chi connectivity index (χ3v) is 13.4. The molecule has 0 saturated heterocycles. The number of unbranched alkanes of at least 4 members (excludes halogenated alkanes) is 1. The minimum absolute atomic E-state index is 0.000963. The van der Waals surface area contributed by atoms with E-state index in [4.69, 9.17) is 60.9 Å². The Labute approximate surface area is 407 Å². The van der Waals surface area contributed by atoms with E-state index in [2.05, 4.69) is 35.7 Å². The zero-order valence-electron chi connectivity index (χ0n) is 36.1. The Balaban J connectivity index is 1.58. The lowest BCUT2D eigenvalue weighted by atomic mass is 10.1. The van der Waals surface area contributed by atoms with Gasteiger partial charge in [0, 0.05) is 41.1 Å². The number of hydrogen-bond acceptors (Lipinski definition) is 16. The van der Waals surface area contributed by atoms with Crippen LogP contribution in [0.4, 0.5) is 28.7 Å². The van der Waals surface area contributed by atoms with Crippen LogP contribution in [0, 0.1) is 6.92 Å². The SMILES string of the molecule is CCCCOc1cc(N=Nc2ccc(Cl)c(C)c2)c(Cl)cc1Cc1nc(Cc2cc(Cl)c(N=Nc3ccc(Cl)c(S(=O)(=O)O)c3)cc2OCCCS(=O)(=O)O)nc(NC(C)(C)CS(=O)(=O)O)n1. The summed E-state index contributed by atoms with van der Waals surface area (Å²) >= 11 is 25.6. The van der Waals surface area contributed by atoms with Crippen LogP contribution in [0.1, 0.15) is 68.4 Å². The number of nitrogens with one attached hydrogen (secondary N) is 1. The number of benzene rings is 4. The van der Waals surface area contributed by atoms with Gasteiger partial charge in [-0.15, -0.1) is 10.2 Å². The normalized spacial score (nSPS) is 12.6. The molecule has 4 N–H and O–H groups in total. The third kappa shape index (κ3) is 16.8. The highest BCUT2D eigenvalue weighted by atomic mass is 35.5. The number of azo groups is 2. The van der Waals surface area contributed by atoms with Gasteiger partial charge in [0.2, 0.25) is 5.95 Å². The highest BCUT2D eigenvalue weighted by Crippen LogP contribution is 2.38. The van der Waals surface area contributed by atoms with Crippen LogP contribution in [0.3, 0.4) is 0 Å². The van der Waals surface area contributed by atoms with Gasteiger partial charge in [-0.3, -0.25) is 13.7 Å². The largest absolute Gasteiger partial charge is 0.493 e. The van der Waals surface area contributed by atoms with Crippen LogP contribution in [-0.2, 0) is 43.2 Å². The molecule has 0 bridgehead atoms. The molecule has 0 atom stereocenters. The van der Waals surface area contributed by atoms with Gasteiger partial charge in [-0.1, -0.05) is 59.7 Å². The molecule has 1 heterocycles. The molecule has 19 nitrogen and oxygen atoms in total. The molecule has 0 unspecified atom stereocenters. The second-order valence-corrected chi connectivity index (χ2v) is 21.6. The second kappa shape index (κ2) is 22.7. The fraction of sp³-hybridized carbons (Fsp3) is 0.341. The van der Waals surface area contributed by atoms with E-state index in [-0.39, 0.29) is 75.7 Å². The number of aromatic nitrogens is 3. The standard InChI is InChI=1S/C41H44Cl4N8O11S3/c1-5-6-12-63-35-21-33(52-50-27-8-10-29(42)24(2)15-27)31(44)16-25(35)18-38-46-39(48-40(47-38)49-41(3,4)23-66(57,58)59)19-26-17-32(45)34(22-36(26)64-13-7-14-65(54,55)56)53-51-28-9-11-30(43)37(20-28)67(60,61)62/h8-11,15-17,20-22H,5-7,12-14,18-19,23H2,1-4H3,(H,54,55,56)(H,57,58,59)(H,60,61,62)(H,46,47,48,49). The number of halogens is 4. The fourth-order valence-corrected chi connectivity index (χ4v) is 9.13. The van der Waals surface area contributed by atoms with Crippen molar-refractivity contribution in [3.05, 3.63) is 109 Å². The van der Waals surface area contributed by atoms with Gasteiger partial charge in [0.05, 0.1) is 56.7 Å². The van der Waals surface area contributed by atoms with E-state index in [1.807, 2.05) is 13.8 Å². The molecule has 26 heteroatoms. The van der Waals surface area contributed by atoms with Crippen LogP contribution in [-0.4, -0.2) is 84.1 Å². The summed E-state index contributed by atoms with van der Waals surface area (Å²) < 4.78 is 111. The van der Waals surface area contributed by atoms with Gasteiger partial charge in [-0.25, -0.2) is 4.98 Å². The Morgan fingerprint density at radius 2 is 1.15 bits per heavy atom. The molecule has 4 aromatic carbocycles. The van der Waals surface area contributed by atoms with Crippen LogP contribution >= 0.6 is 46.4 Å². The van der Waals surface area contributed by atoms with Gasteiger partial charge in [0.15, 0.2) is 0 Å². The first-order chi connectivity index (χ1) is 31.3. The van der Waals surface area contributed by atoms with Gasteiger partial charge in [-0.2, -0.15) is 45.4 Å². The van der Waals surface area contributed by atoms with E-state index in [9.17, 15) is 38.9 Å². The summed E-state index contributed by atoms with van der Waals surface area (Å²) in [5.74, 6) is -0.623. The van der Waals surface area contributed by atoms with Crippen molar-refractivity contribution in [2.45, 2.75) is 70.2 Å². The third-order valence-electron chi connectivity index (χ3n) is 9.12. The predicted molar refractivity (Wildman–Crippen MR) is 255 cm³/mol. The van der Waals surface area contributed by atoms with Crippen molar-refractivity contribution in [2.24, 2.45) is 20.5 Å². The van der Waals surface area contributed by atoms with Crippen molar-refractivity contribution in [1.82, 2.24) is 15.0 Å². The maximum atomic E-state index is 12.0. The lowest BCUT2D eigenvalue weighted by molar-refractivity contribution is 0.306. The minimum atomic E-state index is -4.70.